The fraction of sp³-hybridized carbons (Fsp3) is 0.340. The van der Waals surface area contributed by atoms with Crippen molar-refractivity contribution in [2.24, 2.45) is 9.98 Å². The number of nitrogens with zero attached hydrogens (tertiary/aromatic N) is 5. The number of benzene rings is 5. The van der Waals surface area contributed by atoms with E-state index < -0.39 is 0 Å². The number of hydrogen-bond acceptors (Lipinski definition) is 13. The number of aryl methyl sites for hydroxylation is 1. The van der Waals surface area contributed by atoms with Crippen LogP contribution in [0.15, 0.2) is 101 Å². The van der Waals surface area contributed by atoms with Gasteiger partial charge in [0.25, 0.3) is 11.8 Å². The van der Waals surface area contributed by atoms with Crippen molar-refractivity contribution in [2.75, 3.05) is 82.2 Å². The zero-order chi connectivity index (χ0) is 47.1. The van der Waals surface area contributed by atoms with Gasteiger partial charge in [-0.25, -0.2) is 0 Å². The molecule has 2 amide bonds. The molecule has 9 rings (SSSR count). The van der Waals surface area contributed by atoms with Gasteiger partial charge in [0.15, 0.2) is 11.5 Å². The molecule has 0 bridgehead atoms. The van der Waals surface area contributed by atoms with Gasteiger partial charge in [-0.1, -0.05) is 36.4 Å². The van der Waals surface area contributed by atoms with Crippen molar-refractivity contribution in [2.45, 2.75) is 51.5 Å². The number of methoxy groups -OCH3 is 2. The summed E-state index contributed by atoms with van der Waals surface area (Å²) in [5.74, 6) is 0.988. The molecule has 4 heterocycles. The van der Waals surface area contributed by atoms with Crippen molar-refractivity contribution in [1.29, 1.82) is 0 Å². The fourth-order valence-electron chi connectivity index (χ4n) is 8.97. The number of aliphatic imine (C=N–C) groups is 2. The van der Waals surface area contributed by atoms with E-state index in [0.717, 1.165) is 51.3 Å². The number of esters is 1. The minimum atomic E-state index is -0.309. The Bertz CT molecular complexity index is 2760. The quantitative estimate of drug-likeness (QED) is 0.0556. The molecule has 0 aliphatic carbocycles. The molecule has 0 unspecified atom stereocenters. The van der Waals surface area contributed by atoms with Crippen LogP contribution in [-0.4, -0.2) is 110 Å². The summed E-state index contributed by atoms with van der Waals surface area (Å²) in [6.07, 6.45) is 5.33. The van der Waals surface area contributed by atoms with E-state index in [4.69, 9.17) is 38.4 Å². The highest BCUT2D eigenvalue weighted by Crippen LogP contribution is 2.42. The lowest BCUT2D eigenvalue weighted by Gasteiger charge is -2.23. The van der Waals surface area contributed by atoms with Crippen LogP contribution in [0.25, 0.3) is 0 Å². The third kappa shape index (κ3) is 9.96. The zero-order valence-electron chi connectivity index (χ0n) is 38.8. The maximum atomic E-state index is 14.0. The second-order valence-electron chi connectivity index (χ2n) is 17.0. The molecule has 2 atom stereocenters. The van der Waals surface area contributed by atoms with E-state index in [1.807, 2.05) is 96.9 Å². The number of likely N-dealkylation sites (N-methyl/N-ethyl adjacent to an activating group) is 1. The molecule has 0 saturated heterocycles. The van der Waals surface area contributed by atoms with E-state index in [1.165, 1.54) is 7.11 Å². The van der Waals surface area contributed by atoms with E-state index >= 15 is 0 Å². The Morgan fingerprint density at radius 1 is 0.647 bits per heavy atom. The SMILES string of the molecule is COC(=O)CCOCCOCCOCCN(C)c1cc(COc2cc3c(cc2C)C(=O)N2c4ccccc4C[C@H]2C=N3)cc(COc2cc3c(cc2OC)C(=O)N2c4ccccc4C[C@H]2C=N3)c1. The van der Waals surface area contributed by atoms with Crippen molar-refractivity contribution >= 4 is 58.6 Å². The molecule has 0 aromatic heterocycles. The van der Waals surface area contributed by atoms with E-state index in [2.05, 4.69) is 27.8 Å². The number of fused-ring (bicyclic) bond motifs is 8. The normalized spacial score (nSPS) is 16.2. The smallest absolute Gasteiger partial charge is 0.307 e. The summed E-state index contributed by atoms with van der Waals surface area (Å²) in [5, 5.41) is 0. The van der Waals surface area contributed by atoms with Gasteiger partial charge in [0.1, 0.15) is 19.0 Å². The molecule has 0 spiro atoms. The van der Waals surface area contributed by atoms with Gasteiger partial charge in [-0.15, -0.1) is 0 Å². The maximum Gasteiger partial charge on any atom is 0.307 e. The first-order chi connectivity index (χ1) is 33.2. The van der Waals surface area contributed by atoms with E-state index in [-0.39, 0.29) is 56.1 Å². The lowest BCUT2D eigenvalue weighted by Crippen LogP contribution is -2.37. The average molecular weight is 922 g/mol. The van der Waals surface area contributed by atoms with Gasteiger partial charge < -0.3 is 38.1 Å². The van der Waals surface area contributed by atoms with Crippen LogP contribution in [0.5, 0.6) is 17.2 Å². The molecule has 5 aromatic rings. The van der Waals surface area contributed by atoms with E-state index in [0.29, 0.717) is 85.8 Å². The Morgan fingerprint density at radius 2 is 1.18 bits per heavy atom. The van der Waals surface area contributed by atoms with Gasteiger partial charge in [0, 0.05) is 68.1 Å². The Kier molecular flexibility index (Phi) is 14.1. The molecule has 0 saturated carbocycles. The Balaban J connectivity index is 0.892. The van der Waals surface area contributed by atoms with Crippen LogP contribution in [0.4, 0.5) is 28.4 Å². The minimum Gasteiger partial charge on any atom is -0.493 e. The highest BCUT2D eigenvalue weighted by Gasteiger charge is 2.38. The third-order valence-electron chi connectivity index (χ3n) is 12.5. The molecule has 5 aromatic carbocycles. The summed E-state index contributed by atoms with van der Waals surface area (Å²) >= 11 is 0. The van der Waals surface area contributed by atoms with Crippen LogP contribution in [0.3, 0.4) is 0 Å². The lowest BCUT2D eigenvalue weighted by atomic mass is 10.1. The summed E-state index contributed by atoms with van der Waals surface area (Å²) in [6, 6.07) is 29.0. The van der Waals surface area contributed by atoms with Crippen LogP contribution in [-0.2, 0) is 49.8 Å². The molecular formula is C53H55N5O10. The third-order valence-corrected chi connectivity index (χ3v) is 12.5. The summed E-state index contributed by atoms with van der Waals surface area (Å²) < 4.78 is 40.4. The molecule has 68 heavy (non-hydrogen) atoms. The van der Waals surface area contributed by atoms with Gasteiger partial charge in [-0.3, -0.25) is 34.2 Å². The number of para-hydroxylation sites is 2. The highest BCUT2D eigenvalue weighted by atomic mass is 16.5. The van der Waals surface area contributed by atoms with E-state index in [1.54, 1.807) is 19.2 Å². The molecule has 4 aliphatic heterocycles. The first-order valence-corrected chi connectivity index (χ1v) is 22.9. The number of anilines is 3. The summed E-state index contributed by atoms with van der Waals surface area (Å²) in [7, 11) is 4.91. The van der Waals surface area contributed by atoms with Gasteiger partial charge in [0.05, 0.1) is 94.9 Å². The van der Waals surface area contributed by atoms with Crippen molar-refractivity contribution in [3.05, 3.63) is 130 Å². The summed E-state index contributed by atoms with van der Waals surface area (Å²) in [6.45, 7) is 5.27. The average Bonchev–Trinajstić information content (AvgIpc) is 3.85. The number of amides is 2. The molecule has 15 heteroatoms. The summed E-state index contributed by atoms with van der Waals surface area (Å²) in [5.41, 5.74) is 9.66. The van der Waals surface area contributed by atoms with Gasteiger partial charge in [0.2, 0.25) is 0 Å². The first kappa shape index (κ1) is 46.1. The fourth-order valence-corrected chi connectivity index (χ4v) is 8.97. The zero-order valence-corrected chi connectivity index (χ0v) is 38.8. The molecule has 0 radical (unpaired) electrons. The molecule has 0 N–H and O–H groups in total. The van der Waals surface area contributed by atoms with Crippen LogP contribution in [0.1, 0.15) is 55.0 Å². The second kappa shape index (κ2) is 20.8. The van der Waals surface area contributed by atoms with Gasteiger partial charge in [-0.05, 0) is 77.2 Å². The second-order valence-corrected chi connectivity index (χ2v) is 17.0. The highest BCUT2D eigenvalue weighted by molar-refractivity contribution is 6.15. The maximum absolute atomic E-state index is 14.0. The topological polar surface area (TPSA) is 150 Å². The predicted octanol–water partition coefficient (Wildman–Crippen LogP) is 7.79. The number of carbonyl (C=O) groups is 3. The van der Waals surface area contributed by atoms with Crippen molar-refractivity contribution < 1.29 is 47.5 Å². The molecule has 352 valence electrons. The minimum absolute atomic E-state index is 0.0757. The van der Waals surface area contributed by atoms with Gasteiger partial charge >= 0.3 is 5.97 Å². The lowest BCUT2D eigenvalue weighted by molar-refractivity contribution is -0.141. The van der Waals surface area contributed by atoms with Crippen LogP contribution < -0.4 is 28.9 Å². The molecular weight excluding hydrogens is 867 g/mol. The monoisotopic (exact) mass is 921 g/mol. The standard InChI is InChI=1S/C53H55N5O10/c1-34-21-42-44(54-30-40-25-37-9-5-7-11-46(37)57(40)52(42)60)28-48(34)67-32-35-22-36(24-39(23-35)56(2)14-16-65-18-20-66-19-17-64-15-13-51(59)63-4)33-68-50-29-45-43(27-49(50)62-3)53(61)58-41(31-55-45)26-38-10-6-8-12-47(38)58/h5-12,21-24,27-31,40-41H,13-20,25-26,32-33H2,1-4H3/t40-,41-/m0/s1. The van der Waals surface area contributed by atoms with Crippen LogP contribution >= 0.6 is 0 Å². The molecule has 0 fully saturated rings. The van der Waals surface area contributed by atoms with Crippen molar-refractivity contribution in [3.8, 4) is 17.2 Å². The van der Waals surface area contributed by atoms with Crippen molar-refractivity contribution in [1.82, 2.24) is 0 Å². The Hall–Kier alpha value is -7.07. The Labute approximate surface area is 395 Å². The number of carbonyl (C=O) groups excluding carboxylic acids is 3. The number of rotatable bonds is 20. The van der Waals surface area contributed by atoms with Gasteiger partial charge in [-0.2, -0.15) is 0 Å². The molecule has 15 nitrogen and oxygen atoms in total. The number of ether oxygens (including phenoxy) is 7. The van der Waals surface area contributed by atoms with Crippen LogP contribution in [0.2, 0.25) is 0 Å². The largest absolute Gasteiger partial charge is 0.493 e. The molecule has 4 aliphatic rings. The summed E-state index contributed by atoms with van der Waals surface area (Å²) in [4.78, 5) is 54.6. The number of hydrogen-bond donors (Lipinski definition) is 0. The van der Waals surface area contributed by atoms with Crippen molar-refractivity contribution in [3.63, 3.8) is 0 Å². The predicted molar refractivity (Wildman–Crippen MR) is 259 cm³/mol. The first-order valence-electron chi connectivity index (χ1n) is 22.9. The Morgan fingerprint density at radius 3 is 1.76 bits per heavy atom. The van der Waals surface area contributed by atoms with Crippen LogP contribution in [0, 0.1) is 6.92 Å². The van der Waals surface area contributed by atoms with E-state index in [9.17, 15) is 14.4 Å².